The summed E-state index contributed by atoms with van der Waals surface area (Å²) in [5.74, 6) is 2.19. The zero-order valence-corrected chi connectivity index (χ0v) is 15.6. The maximum atomic E-state index is 12.3. The number of rotatable bonds is 8. The third-order valence-corrected chi connectivity index (χ3v) is 5.42. The Labute approximate surface area is 145 Å². The molecule has 8 heteroatoms. The number of nitrogens with one attached hydrogen (secondary N) is 1. The van der Waals surface area contributed by atoms with Gasteiger partial charge in [0.2, 0.25) is 5.91 Å². The Morgan fingerprint density at radius 2 is 2.17 bits per heavy atom. The molecule has 1 amide bonds. The second kappa shape index (κ2) is 8.44. The van der Waals surface area contributed by atoms with Crippen LogP contribution in [0.4, 0.5) is 0 Å². The number of hydrogen-bond acceptors (Lipinski definition) is 6. The predicted octanol–water partition coefficient (Wildman–Crippen LogP) is 3.03. The van der Waals surface area contributed by atoms with Crippen molar-refractivity contribution in [3.63, 3.8) is 0 Å². The molecule has 2 aromatic heterocycles. The monoisotopic (exact) mass is 353 g/mol. The van der Waals surface area contributed by atoms with Gasteiger partial charge >= 0.3 is 0 Å². The number of carbonyl (C=O) groups is 1. The smallest absolute Gasteiger partial charge is 0.242 e. The van der Waals surface area contributed by atoms with Crippen LogP contribution >= 0.6 is 23.1 Å². The van der Waals surface area contributed by atoms with Gasteiger partial charge in [-0.15, -0.1) is 10.2 Å². The van der Waals surface area contributed by atoms with Gasteiger partial charge in [0.15, 0.2) is 4.34 Å². The van der Waals surface area contributed by atoms with E-state index in [4.69, 9.17) is 0 Å². The fraction of sp³-hybridized carbons (Fsp3) is 0.600. The van der Waals surface area contributed by atoms with Crippen LogP contribution in [0.5, 0.6) is 0 Å². The number of imidazole rings is 1. The van der Waals surface area contributed by atoms with Crippen LogP contribution < -0.4 is 5.32 Å². The molecule has 6 nitrogen and oxygen atoms in total. The van der Waals surface area contributed by atoms with Gasteiger partial charge in [-0.2, -0.15) is 0 Å². The van der Waals surface area contributed by atoms with E-state index in [1.165, 1.54) is 0 Å². The molecule has 2 aromatic rings. The van der Waals surface area contributed by atoms with Crippen molar-refractivity contribution in [2.45, 2.75) is 50.4 Å². The SMILES string of the molecule is Cc1nnc(SCCCNC(=O)C(C)n2ccnc2C(C)C)s1. The fourth-order valence-electron chi connectivity index (χ4n) is 2.15. The molecule has 2 heterocycles. The Kier molecular flexibility index (Phi) is 6.59. The third kappa shape index (κ3) is 5.04. The van der Waals surface area contributed by atoms with E-state index in [1.54, 1.807) is 29.3 Å². The summed E-state index contributed by atoms with van der Waals surface area (Å²) in [5.41, 5.74) is 0. The van der Waals surface area contributed by atoms with Crippen LogP contribution in [0.2, 0.25) is 0 Å². The molecule has 0 spiro atoms. The van der Waals surface area contributed by atoms with Gasteiger partial charge < -0.3 is 9.88 Å². The fourth-order valence-corrected chi connectivity index (χ4v) is 3.98. The van der Waals surface area contributed by atoms with Crippen molar-refractivity contribution in [2.24, 2.45) is 0 Å². The summed E-state index contributed by atoms with van der Waals surface area (Å²) in [6.45, 7) is 8.68. The van der Waals surface area contributed by atoms with Gasteiger partial charge in [0.25, 0.3) is 0 Å². The van der Waals surface area contributed by atoms with Crippen molar-refractivity contribution in [3.8, 4) is 0 Å². The Morgan fingerprint density at radius 3 is 2.83 bits per heavy atom. The highest BCUT2D eigenvalue weighted by molar-refractivity contribution is 8.01. The van der Waals surface area contributed by atoms with E-state index >= 15 is 0 Å². The van der Waals surface area contributed by atoms with Crippen molar-refractivity contribution in [2.75, 3.05) is 12.3 Å². The second-order valence-corrected chi connectivity index (χ2v) is 8.13. The van der Waals surface area contributed by atoms with E-state index < -0.39 is 0 Å². The molecule has 1 N–H and O–H groups in total. The maximum Gasteiger partial charge on any atom is 0.242 e. The number of thioether (sulfide) groups is 1. The zero-order chi connectivity index (χ0) is 16.8. The molecule has 0 fully saturated rings. The minimum atomic E-state index is -0.242. The topological polar surface area (TPSA) is 72.7 Å². The van der Waals surface area contributed by atoms with E-state index in [0.29, 0.717) is 12.5 Å². The van der Waals surface area contributed by atoms with E-state index in [-0.39, 0.29) is 11.9 Å². The molecule has 0 aliphatic carbocycles. The lowest BCUT2D eigenvalue weighted by Crippen LogP contribution is -2.32. The van der Waals surface area contributed by atoms with Gasteiger partial charge in [0.05, 0.1) is 0 Å². The summed E-state index contributed by atoms with van der Waals surface area (Å²) in [6, 6.07) is -0.242. The molecule has 1 atom stereocenters. The Balaban J connectivity index is 1.72. The van der Waals surface area contributed by atoms with Crippen LogP contribution in [0.3, 0.4) is 0 Å². The summed E-state index contributed by atoms with van der Waals surface area (Å²) in [5, 5.41) is 12.0. The summed E-state index contributed by atoms with van der Waals surface area (Å²) in [6.07, 6.45) is 4.52. The molecular weight excluding hydrogens is 330 g/mol. The van der Waals surface area contributed by atoms with Crippen LogP contribution in [0, 0.1) is 6.92 Å². The van der Waals surface area contributed by atoms with Gasteiger partial charge in [-0.25, -0.2) is 4.98 Å². The van der Waals surface area contributed by atoms with Crippen LogP contribution in [-0.2, 0) is 4.79 Å². The molecule has 0 aliphatic heterocycles. The first-order valence-electron chi connectivity index (χ1n) is 7.72. The molecule has 0 bridgehead atoms. The van der Waals surface area contributed by atoms with Crippen molar-refractivity contribution in [3.05, 3.63) is 23.2 Å². The molecule has 0 aliphatic rings. The van der Waals surface area contributed by atoms with Crippen molar-refractivity contribution in [1.29, 1.82) is 0 Å². The normalized spacial score (nSPS) is 12.6. The van der Waals surface area contributed by atoms with Gasteiger partial charge in [-0.3, -0.25) is 4.79 Å². The number of amides is 1. The molecule has 2 rings (SSSR count). The maximum absolute atomic E-state index is 12.3. The van der Waals surface area contributed by atoms with Gasteiger partial charge in [0, 0.05) is 30.6 Å². The minimum absolute atomic E-state index is 0.0293. The Bertz CT molecular complexity index is 637. The van der Waals surface area contributed by atoms with Crippen LogP contribution in [0.25, 0.3) is 0 Å². The van der Waals surface area contributed by atoms with E-state index in [0.717, 1.165) is 27.3 Å². The van der Waals surface area contributed by atoms with Gasteiger partial charge in [0.1, 0.15) is 16.9 Å². The second-order valence-electron chi connectivity index (χ2n) is 5.60. The molecule has 0 aromatic carbocycles. The Hall–Kier alpha value is -1.41. The number of carbonyl (C=O) groups excluding carboxylic acids is 1. The molecular formula is C15H23N5OS2. The first kappa shape index (κ1) is 17.9. The molecule has 23 heavy (non-hydrogen) atoms. The van der Waals surface area contributed by atoms with Crippen molar-refractivity contribution < 1.29 is 4.79 Å². The van der Waals surface area contributed by atoms with Crippen LogP contribution in [-0.4, -0.2) is 38.0 Å². The summed E-state index contributed by atoms with van der Waals surface area (Å²) in [7, 11) is 0. The van der Waals surface area contributed by atoms with Gasteiger partial charge in [-0.05, 0) is 20.3 Å². The van der Waals surface area contributed by atoms with Gasteiger partial charge in [-0.1, -0.05) is 36.9 Å². The highest BCUT2D eigenvalue weighted by Gasteiger charge is 2.18. The highest BCUT2D eigenvalue weighted by atomic mass is 32.2. The number of aromatic nitrogens is 4. The molecule has 0 saturated heterocycles. The molecule has 126 valence electrons. The third-order valence-electron chi connectivity index (χ3n) is 3.37. The zero-order valence-electron chi connectivity index (χ0n) is 13.9. The number of hydrogen-bond donors (Lipinski definition) is 1. The van der Waals surface area contributed by atoms with E-state index in [2.05, 4.69) is 34.3 Å². The summed E-state index contributed by atoms with van der Waals surface area (Å²) < 4.78 is 2.93. The standard InChI is InChI=1S/C15H23N5OS2/c1-10(2)13-16-7-8-20(13)11(3)14(21)17-6-5-9-22-15-19-18-12(4)23-15/h7-8,10-11H,5-6,9H2,1-4H3,(H,17,21). The lowest BCUT2D eigenvalue weighted by molar-refractivity contribution is -0.123. The summed E-state index contributed by atoms with van der Waals surface area (Å²) in [4.78, 5) is 16.6. The average molecular weight is 354 g/mol. The number of nitrogens with zero attached hydrogens (tertiary/aromatic N) is 4. The quantitative estimate of drug-likeness (QED) is 0.583. The molecule has 1 unspecified atom stereocenters. The number of aryl methyl sites for hydroxylation is 1. The average Bonchev–Trinajstić information content (AvgIpc) is 3.14. The molecule has 0 saturated carbocycles. The highest BCUT2D eigenvalue weighted by Crippen LogP contribution is 2.22. The van der Waals surface area contributed by atoms with Crippen LogP contribution in [0.15, 0.2) is 16.7 Å². The summed E-state index contributed by atoms with van der Waals surface area (Å²) >= 11 is 3.29. The lowest BCUT2D eigenvalue weighted by Gasteiger charge is -2.17. The van der Waals surface area contributed by atoms with Crippen molar-refractivity contribution in [1.82, 2.24) is 25.1 Å². The van der Waals surface area contributed by atoms with E-state index in [9.17, 15) is 4.79 Å². The van der Waals surface area contributed by atoms with E-state index in [1.807, 2.05) is 24.6 Å². The Morgan fingerprint density at radius 1 is 1.39 bits per heavy atom. The predicted molar refractivity (Wildman–Crippen MR) is 94.0 cm³/mol. The van der Waals surface area contributed by atoms with Crippen LogP contribution in [0.1, 0.15) is 50.0 Å². The van der Waals surface area contributed by atoms with Crippen molar-refractivity contribution >= 4 is 29.0 Å². The largest absolute Gasteiger partial charge is 0.354 e. The minimum Gasteiger partial charge on any atom is -0.354 e. The first-order valence-corrected chi connectivity index (χ1v) is 9.52. The molecule has 0 radical (unpaired) electrons. The lowest BCUT2D eigenvalue weighted by atomic mass is 10.2. The first-order chi connectivity index (χ1) is 11.0.